The molecule has 0 radical (unpaired) electrons. The average molecular weight is 348 g/mol. The van der Waals surface area contributed by atoms with E-state index in [1.807, 2.05) is 12.1 Å². The molecule has 0 aromatic heterocycles. The van der Waals surface area contributed by atoms with Crippen LogP contribution in [0.15, 0.2) is 24.3 Å². The number of nitrogens with one attached hydrogen (secondary N) is 2. The van der Waals surface area contributed by atoms with E-state index < -0.39 is 11.8 Å². The summed E-state index contributed by atoms with van der Waals surface area (Å²) in [5.41, 5.74) is 1.80. The summed E-state index contributed by atoms with van der Waals surface area (Å²) in [6.45, 7) is 11.0. The third-order valence-electron chi connectivity index (χ3n) is 4.11. The Morgan fingerprint density at radius 1 is 1.08 bits per heavy atom. The second kappa shape index (κ2) is 9.56. The minimum atomic E-state index is -0.671. The molecule has 0 bridgehead atoms. The van der Waals surface area contributed by atoms with Gasteiger partial charge in [-0.3, -0.25) is 9.59 Å². The Morgan fingerprint density at radius 2 is 1.68 bits per heavy atom. The van der Waals surface area contributed by atoms with Gasteiger partial charge in [0.1, 0.15) is 0 Å². The van der Waals surface area contributed by atoms with Crippen LogP contribution in [-0.4, -0.2) is 30.1 Å². The van der Waals surface area contributed by atoms with Crippen molar-refractivity contribution in [2.75, 3.05) is 18.5 Å². The van der Waals surface area contributed by atoms with Crippen molar-refractivity contribution >= 4 is 17.5 Å². The van der Waals surface area contributed by atoms with E-state index in [9.17, 15) is 9.59 Å². The molecule has 25 heavy (non-hydrogen) atoms. The number of anilines is 1. The zero-order valence-corrected chi connectivity index (χ0v) is 16.1. The Bertz CT molecular complexity index is 559. The number of hydrogen-bond acceptors (Lipinski definition) is 3. The fourth-order valence-electron chi connectivity index (χ4n) is 2.71. The van der Waals surface area contributed by atoms with Gasteiger partial charge in [-0.15, -0.1) is 0 Å². The van der Waals surface area contributed by atoms with Gasteiger partial charge in [0.2, 0.25) is 0 Å². The normalized spacial score (nSPS) is 12.8. The third kappa shape index (κ3) is 7.69. The highest BCUT2D eigenvalue weighted by Gasteiger charge is 2.18. The molecule has 1 rings (SSSR count). The van der Waals surface area contributed by atoms with E-state index >= 15 is 0 Å². The van der Waals surface area contributed by atoms with E-state index in [2.05, 4.69) is 45.3 Å². The largest absolute Gasteiger partial charge is 0.396 e. The van der Waals surface area contributed by atoms with E-state index in [1.165, 1.54) is 0 Å². The molecule has 140 valence electrons. The summed E-state index contributed by atoms with van der Waals surface area (Å²) in [6, 6.07) is 7.51. The maximum atomic E-state index is 12.0. The summed E-state index contributed by atoms with van der Waals surface area (Å²) in [5, 5.41) is 14.4. The average Bonchev–Trinajstić information content (AvgIpc) is 2.51. The molecule has 1 aromatic rings. The molecule has 0 saturated heterocycles. The molecule has 5 heteroatoms. The zero-order valence-electron chi connectivity index (χ0n) is 16.1. The molecule has 1 atom stereocenters. The summed E-state index contributed by atoms with van der Waals surface area (Å²) in [4.78, 5) is 24.0. The molecule has 0 heterocycles. The van der Waals surface area contributed by atoms with Gasteiger partial charge in [0.25, 0.3) is 0 Å². The highest BCUT2D eigenvalue weighted by Crippen LogP contribution is 2.23. The Kier molecular flexibility index (Phi) is 8.10. The first-order valence-electron chi connectivity index (χ1n) is 8.94. The monoisotopic (exact) mass is 348 g/mol. The molecule has 5 nitrogen and oxygen atoms in total. The van der Waals surface area contributed by atoms with Crippen LogP contribution in [0.1, 0.15) is 53.0 Å². The number of aliphatic hydroxyl groups excluding tert-OH is 1. The first-order valence-corrected chi connectivity index (χ1v) is 8.94. The van der Waals surface area contributed by atoms with Crippen molar-refractivity contribution in [3.63, 3.8) is 0 Å². The molecule has 1 aromatic carbocycles. The highest BCUT2D eigenvalue weighted by atomic mass is 16.3. The van der Waals surface area contributed by atoms with Gasteiger partial charge < -0.3 is 15.7 Å². The third-order valence-corrected chi connectivity index (χ3v) is 4.11. The van der Waals surface area contributed by atoms with E-state index in [0.29, 0.717) is 24.6 Å². The van der Waals surface area contributed by atoms with Crippen LogP contribution in [0.2, 0.25) is 0 Å². The number of carbonyl (C=O) groups excluding carboxylic acids is 2. The van der Waals surface area contributed by atoms with Crippen molar-refractivity contribution in [1.82, 2.24) is 5.32 Å². The van der Waals surface area contributed by atoms with E-state index in [0.717, 1.165) is 12.0 Å². The SMILES string of the molecule is CC(C)CC(CCO)CNC(=O)C(=O)Nc1ccc(C(C)(C)C)cc1. The van der Waals surface area contributed by atoms with E-state index in [-0.39, 0.29) is 17.9 Å². The Hall–Kier alpha value is -1.88. The second-order valence-corrected chi connectivity index (χ2v) is 8.00. The molecule has 1 unspecified atom stereocenters. The molecule has 0 aliphatic heterocycles. The number of carbonyl (C=O) groups is 2. The van der Waals surface area contributed by atoms with Gasteiger partial charge in [-0.2, -0.15) is 0 Å². The minimum Gasteiger partial charge on any atom is -0.396 e. The standard InChI is InChI=1S/C20H32N2O3/c1-14(2)12-15(10-11-23)13-21-18(24)19(25)22-17-8-6-16(7-9-17)20(3,4)5/h6-9,14-15,23H,10-13H2,1-5H3,(H,21,24)(H,22,25). The van der Waals surface area contributed by atoms with Crippen molar-refractivity contribution in [2.45, 2.75) is 52.9 Å². The molecule has 0 fully saturated rings. The predicted molar refractivity (Wildman–Crippen MR) is 101 cm³/mol. The summed E-state index contributed by atoms with van der Waals surface area (Å²) in [7, 11) is 0. The van der Waals surface area contributed by atoms with Crippen LogP contribution < -0.4 is 10.6 Å². The van der Waals surface area contributed by atoms with Gasteiger partial charge in [-0.1, -0.05) is 46.8 Å². The van der Waals surface area contributed by atoms with Gasteiger partial charge in [-0.25, -0.2) is 0 Å². The van der Waals surface area contributed by atoms with Crippen molar-refractivity contribution in [1.29, 1.82) is 0 Å². The Morgan fingerprint density at radius 3 is 2.16 bits per heavy atom. The first-order chi connectivity index (χ1) is 11.6. The predicted octanol–water partition coefficient (Wildman–Crippen LogP) is 3.08. The Balaban J connectivity index is 2.54. The Labute approximate surface area is 151 Å². The lowest BCUT2D eigenvalue weighted by Gasteiger charge is -2.19. The number of benzene rings is 1. The van der Waals surface area contributed by atoms with E-state index in [1.54, 1.807) is 12.1 Å². The molecule has 0 aliphatic carbocycles. The minimum absolute atomic E-state index is 0.0397. The van der Waals surface area contributed by atoms with Crippen LogP contribution in [0, 0.1) is 11.8 Å². The smallest absolute Gasteiger partial charge is 0.313 e. The van der Waals surface area contributed by atoms with Crippen molar-refractivity contribution in [3.8, 4) is 0 Å². The number of rotatable bonds is 7. The van der Waals surface area contributed by atoms with Crippen molar-refractivity contribution < 1.29 is 14.7 Å². The summed E-state index contributed by atoms with van der Waals surface area (Å²) >= 11 is 0. The number of aliphatic hydroxyl groups is 1. The van der Waals surface area contributed by atoms with Gasteiger partial charge in [0.05, 0.1) is 0 Å². The lowest BCUT2D eigenvalue weighted by molar-refractivity contribution is -0.136. The molecule has 0 spiro atoms. The fraction of sp³-hybridized carbons (Fsp3) is 0.600. The van der Waals surface area contributed by atoms with Gasteiger partial charge >= 0.3 is 11.8 Å². The van der Waals surface area contributed by atoms with Crippen LogP contribution in [0.3, 0.4) is 0 Å². The molecule has 2 amide bonds. The number of amides is 2. The molecular formula is C20H32N2O3. The van der Waals surface area contributed by atoms with Crippen LogP contribution in [0.25, 0.3) is 0 Å². The summed E-state index contributed by atoms with van der Waals surface area (Å²) in [6.07, 6.45) is 1.52. The molecule has 0 aliphatic rings. The van der Waals surface area contributed by atoms with Crippen LogP contribution in [-0.2, 0) is 15.0 Å². The summed E-state index contributed by atoms with van der Waals surface area (Å²) < 4.78 is 0. The highest BCUT2D eigenvalue weighted by molar-refractivity contribution is 6.39. The second-order valence-electron chi connectivity index (χ2n) is 8.00. The maximum absolute atomic E-state index is 12.0. The van der Waals surface area contributed by atoms with Gasteiger partial charge in [0.15, 0.2) is 0 Å². The quantitative estimate of drug-likeness (QED) is 0.663. The van der Waals surface area contributed by atoms with Crippen LogP contribution in [0.4, 0.5) is 5.69 Å². The van der Waals surface area contributed by atoms with Gasteiger partial charge in [0, 0.05) is 18.8 Å². The molecular weight excluding hydrogens is 316 g/mol. The van der Waals surface area contributed by atoms with Crippen LogP contribution in [0.5, 0.6) is 0 Å². The van der Waals surface area contributed by atoms with E-state index in [4.69, 9.17) is 5.11 Å². The van der Waals surface area contributed by atoms with Gasteiger partial charge in [-0.05, 0) is 47.8 Å². The van der Waals surface area contributed by atoms with Crippen molar-refractivity contribution in [3.05, 3.63) is 29.8 Å². The lowest BCUT2D eigenvalue weighted by atomic mass is 9.87. The zero-order chi connectivity index (χ0) is 19.0. The van der Waals surface area contributed by atoms with Crippen LogP contribution >= 0.6 is 0 Å². The topological polar surface area (TPSA) is 78.4 Å². The first kappa shape index (κ1) is 21.2. The maximum Gasteiger partial charge on any atom is 0.313 e. The van der Waals surface area contributed by atoms with Crippen molar-refractivity contribution in [2.24, 2.45) is 11.8 Å². The summed E-state index contributed by atoms with van der Waals surface area (Å²) in [5.74, 6) is -0.668. The molecule has 3 N–H and O–H groups in total. The lowest BCUT2D eigenvalue weighted by Crippen LogP contribution is -2.38. The number of hydrogen-bond donors (Lipinski definition) is 3. The molecule has 0 saturated carbocycles. The fourth-order valence-corrected chi connectivity index (χ4v) is 2.71.